The zero-order valence-corrected chi connectivity index (χ0v) is 9.99. The summed E-state index contributed by atoms with van der Waals surface area (Å²) in [7, 11) is 1.53. The molecule has 1 rings (SSSR count). The third-order valence-corrected chi connectivity index (χ3v) is 2.33. The van der Waals surface area contributed by atoms with Gasteiger partial charge in [0.05, 0.1) is 6.42 Å². The average Bonchev–Trinajstić information content (AvgIpc) is 2.27. The summed E-state index contributed by atoms with van der Waals surface area (Å²) < 4.78 is 0. The zero-order valence-electron chi connectivity index (χ0n) is 9.99. The molecule has 0 radical (unpaired) electrons. The summed E-state index contributed by atoms with van der Waals surface area (Å²) in [5.74, 6) is -0.419. The van der Waals surface area contributed by atoms with Crippen molar-refractivity contribution in [3.05, 3.63) is 29.8 Å². The van der Waals surface area contributed by atoms with Crippen LogP contribution in [0.2, 0.25) is 0 Å². The number of nitrogen functional groups attached to an aromatic ring is 1. The Bertz CT molecular complexity index is 418. The van der Waals surface area contributed by atoms with Crippen LogP contribution in [0.5, 0.6) is 0 Å². The molecule has 0 aromatic heterocycles. The Hall–Kier alpha value is -2.04. The van der Waals surface area contributed by atoms with Crippen LogP contribution in [-0.2, 0) is 16.0 Å². The Morgan fingerprint density at radius 3 is 2.71 bits per heavy atom. The molecule has 0 bridgehead atoms. The molecule has 5 heteroatoms. The highest BCUT2D eigenvalue weighted by Gasteiger charge is 2.13. The van der Waals surface area contributed by atoms with Gasteiger partial charge in [0.1, 0.15) is 6.04 Å². The van der Waals surface area contributed by atoms with E-state index in [1.54, 1.807) is 25.1 Å². The monoisotopic (exact) mass is 235 g/mol. The van der Waals surface area contributed by atoms with E-state index in [1.165, 1.54) is 7.05 Å². The Balaban J connectivity index is 2.53. The van der Waals surface area contributed by atoms with Crippen LogP contribution < -0.4 is 16.4 Å². The van der Waals surface area contributed by atoms with Crippen LogP contribution in [0.4, 0.5) is 5.69 Å². The zero-order chi connectivity index (χ0) is 12.8. The van der Waals surface area contributed by atoms with Gasteiger partial charge in [0.25, 0.3) is 0 Å². The topological polar surface area (TPSA) is 84.2 Å². The molecule has 2 amide bonds. The number of nitrogens with two attached hydrogens (primary N) is 1. The second-order valence-corrected chi connectivity index (χ2v) is 3.83. The van der Waals surface area contributed by atoms with Gasteiger partial charge < -0.3 is 16.4 Å². The lowest BCUT2D eigenvalue weighted by Crippen LogP contribution is -2.44. The Morgan fingerprint density at radius 2 is 2.12 bits per heavy atom. The maximum atomic E-state index is 11.6. The normalized spacial score (nSPS) is 11.6. The van der Waals surface area contributed by atoms with Crippen molar-refractivity contribution in [3.63, 3.8) is 0 Å². The first-order valence-electron chi connectivity index (χ1n) is 5.38. The van der Waals surface area contributed by atoms with Crippen molar-refractivity contribution < 1.29 is 9.59 Å². The molecule has 5 nitrogen and oxygen atoms in total. The van der Waals surface area contributed by atoms with Gasteiger partial charge in [0.2, 0.25) is 11.8 Å². The van der Waals surface area contributed by atoms with E-state index >= 15 is 0 Å². The Kier molecular flexibility index (Phi) is 4.51. The van der Waals surface area contributed by atoms with Crippen molar-refractivity contribution in [2.24, 2.45) is 0 Å². The van der Waals surface area contributed by atoms with Crippen molar-refractivity contribution in [3.8, 4) is 0 Å². The molecule has 1 aromatic carbocycles. The molecule has 0 aliphatic carbocycles. The Morgan fingerprint density at radius 1 is 1.41 bits per heavy atom. The van der Waals surface area contributed by atoms with E-state index in [0.29, 0.717) is 5.69 Å². The van der Waals surface area contributed by atoms with Gasteiger partial charge in [0.15, 0.2) is 0 Å². The highest BCUT2D eigenvalue weighted by Crippen LogP contribution is 2.07. The Labute approximate surface area is 100 Å². The van der Waals surface area contributed by atoms with E-state index in [9.17, 15) is 9.59 Å². The minimum absolute atomic E-state index is 0.202. The fraction of sp³-hybridized carbons (Fsp3) is 0.333. The maximum absolute atomic E-state index is 11.6. The third kappa shape index (κ3) is 4.14. The van der Waals surface area contributed by atoms with Crippen LogP contribution in [-0.4, -0.2) is 24.9 Å². The predicted molar refractivity (Wildman–Crippen MR) is 66.2 cm³/mol. The van der Waals surface area contributed by atoms with E-state index in [2.05, 4.69) is 10.6 Å². The standard InChI is InChI=1S/C12H17N3O2/c1-8(12(17)14-2)15-11(16)7-9-4-3-5-10(13)6-9/h3-6,8H,7,13H2,1-2H3,(H,14,17)(H,15,16). The van der Waals surface area contributed by atoms with Crippen molar-refractivity contribution in [2.75, 3.05) is 12.8 Å². The fourth-order valence-electron chi connectivity index (χ4n) is 1.46. The molecular weight excluding hydrogens is 218 g/mol. The number of hydrogen-bond donors (Lipinski definition) is 3. The van der Waals surface area contributed by atoms with Crippen molar-refractivity contribution >= 4 is 17.5 Å². The SMILES string of the molecule is CNC(=O)C(C)NC(=O)Cc1cccc(N)c1. The molecular formula is C12H17N3O2. The minimum atomic E-state index is -0.534. The second kappa shape index (κ2) is 5.89. The second-order valence-electron chi connectivity index (χ2n) is 3.83. The van der Waals surface area contributed by atoms with Crippen LogP contribution in [0.3, 0.4) is 0 Å². The van der Waals surface area contributed by atoms with Gasteiger partial charge in [-0.05, 0) is 24.6 Å². The molecule has 0 aliphatic heterocycles. The van der Waals surface area contributed by atoms with Crippen molar-refractivity contribution in [2.45, 2.75) is 19.4 Å². The van der Waals surface area contributed by atoms with Gasteiger partial charge in [-0.2, -0.15) is 0 Å². The van der Waals surface area contributed by atoms with Gasteiger partial charge >= 0.3 is 0 Å². The molecule has 17 heavy (non-hydrogen) atoms. The number of amides is 2. The van der Waals surface area contributed by atoms with Crippen LogP contribution in [0.25, 0.3) is 0 Å². The minimum Gasteiger partial charge on any atom is -0.399 e. The summed E-state index contributed by atoms with van der Waals surface area (Å²) in [6.07, 6.45) is 0.215. The molecule has 0 saturated carbocycles. The fourth-order valence-corrected chi connectivity index (χ4v) is 1.46. The first kappa shape index (κ1) is 13.0. The molecule has 0 fully saturated rings. The largest absolute Gasteiger partial charge is 0.399 e. The lowest BCUT2D eigenvalue weighted by atomic mass is 10.1. The van der Waals surface area contributed by atoms with Gasteiger partial charge in [-0.25, -0.2) is 0 Å². The number of anilines is 1. The highest BCUT2D eigenvalue weighted by atomic mass is 16.2. The van der Waals surface area contributed by atoms with E-state index in [-0.39, 0.29) is 18.2 Å². The summed E-state index contributed by atoms with van der Waals surface area (Å²) in [6, 6.07) is 6.58. The number of rotatable bonds is 4. The number of nitrogens with one attached hydrogen (secondary N) is 2. The lowest BCUT2D eigenvalue weighted by molar-refractivity contribution is -0.128. The summed E-state index contributed by atoms with van der Waals surface area (Å²) in [6.45, 7) is 1.64. The smallest absolute Gasteiger partial charge is 0.242 e. The predicted octanol–water partition coefficient (Wildman–Crippen LogP) is 0.0620. The number of benzene rings is 1. The first-order valence-corrected chi connectivity index (χ1v) is 5.38. The molecule has 0 aliphatic rings. The highest BCUT2D eigenvalue weighted by molar-refractivity contribution is 5.87. The van der Waals surface area contributed by atoms with Gasteiger partial charge in [0, 0.05) is 12.7 Å². The number of carbonyl (C=O) groups is 2. The molecule has 0 spiro atoms. The van der Waals surface area contributed by atoms with Crippen LogP contribution in [0.15, 0.2) is 24.3 Å². The molecule has 92 valence electrons. The third-order valence-electron chi connectivity index (χ3n) is 2.33. The van der Waals surface area contributed by atoms with Crippen molar-refractivity contribution in [1.29, 1.82) is 0 Å². The van der Waals surface area contributed by atoms with E-state index < -0.39 is 6.04 Å². The molecule has 0 saturated heterocycles. The average molecular weight is 235 g/mol. The van der Waals surface area contributed by atoms with Gasteiger partial charge in [-0.3, -0.25) is 9.59 Å². The number of carbonyl (C=O) groups excluding carboxylic acids is 2. The molecule has 4 N–H and O–H groups in total. The quantitative estimate of drug-likeness (QED) is 0.645. The summed E-state index contributed by atoms with van der Waals surface area (Å²) >= 11 is 0. The molecule has 0 heterocycles. The summed E-state index contributed by atoms with van der Waals surface area (Å²) in [4.78, 5) is 22.8. The van der Waals surface area contributed by atoms with E-state index in [4.69, 9.17) is 5.73 Å². The van der Waals surface area contributed by atoms with Crippen LogP contribution in [0, 0.1) is 0 Å². The maximum Gasteiger partial charge on any atom is 0.242 e. The van der Waals surface area contributed by atoms with Gasteiger partial charge in [-0.15, -0.1) is 0 Å². The molecule has 1 atom stereocenters. The van der Waals surface area contributed by atoms with Crippen molar-refractivity contribution in [1.82, 2.24) is 10.6 Å². The van der Waals surface area contributed by atoms with Gasteiger partial charge in [-0.1, -0.05) is 12.1 Å². The van der Waals surface area contributed by atoms with Crippen LogP contribution >= 0.6 is 0 Å². The first-order chi connectivity index (χ1) is 8.02. The van der Waals surface area contributed by atoms with E-state index in [1.807, 2.05) is 6.07 Å². The lowest BCUT2D eigenvalue weighted by Gasteiger charge is -2.12. The van der Waals surface area contributed by atoms with Crippen LogP contribution in [0.1, 0.15) is 12.5 Å². The molecule has 1 aromatic rings. The van der Waals surface area contributed by atoms with E-state index in [0.717, 1.165) is 5.56 Å². The number of likely N-dealkylation sites (N-methyl/N-ethyl adjacent to an activating group) is 1. The summed E-state index contributed by atoms with van der Waals surface area (Å²) in [5.41, 5.74) is 7.06. The number of hydrogen-bond acceptors (Lipinski definition) is 3. The summed E-state index contributed by atoms with van der Waals surface area (Å²) in [5, 5.41) is 5.08. The molecule has 1 unspecified atom stereocenters.